The summed E-state index contributed by atoms with van der Waals surface area (Å²) in [5.41, 5.74) is 3.06. The number of hydrogen-bond donors (Lipinski definition) is 0. The average Bonchev–Trinajstić information content (AvgIpc) is 2.19. The molecule has 0 aromatic rings. The van der Waals surface area contributed by atoms with Gasteiger partial charge in [0.2, 0.25) is 0 Å². The molecule has 0 fully saturated rings. The molecule has 3 nitrogen and oxygen atoms in total. The van der Waals surface area contributed by atoms with Crippen molar-refractivity contribution < 1.29 is 13.3 Å². The van der Waals surface area contributed by atoms with Crippen molar-refractivity contribution in [1.29, 1.82) is 0 Å². The Bertz CT molecular complexity index is 191. The zero-order chi connectivity index (χ0) is 11.6. The molecule has 0 aromatic carbocycles. The largest absolute Gasteiger partial charge is 0.591 e. The predicted molar refractivity (Wildman–Crippen MR) is 63.3 cm³/mol. The van der Waals surface area contributed by atoms with Crippen molar-refractivity contribution in [2.45, 2.75) is 40.5 Å². The highest BCUT2D eigenvalue weighted by Crippen LogP contribution is 2.08. The maximum absolute atomic E-state index is 5.58. The van der Waals surface area contributed by atoms with Crippen LogP contribution >= 0.6 is 0 Å². The van der Waals surface area contributed by atoms with Crippen molar-refractivity contribution in [1.82, 2.24) is 0 Å². The zero-order valence-electron chi connectivity index (χ0n) is 10.3. The van der Waals surface area contributed by atoms with E-state index >= 15 is 0 Å². The van der Waals surface area contributed by atoms with Crippen molar-refractivity contribution in [2.24, 2.45) is 0 Å². The van der Waals surface area contributed by atoms with Gasteiger partial charge in [-0.15, -0.1) is 5.92 Å². The van der Waals surface area contributed by atoms with Gasteiger partial charge < -0.3 is 13.3 Å². The van der Waals surface area contributed by atoms with E-state index in [0.29, 0.717) is 19.8 Å². The Kier molecular flexibility index (Phi) is 8.72. The van der Waals surface area contributed by atoms with Gasteiger partial charge in [-0.3, -0.25) is 0 Å². The van der Waals surface area contributed by atoms with Crippen LogP contribution in [-0.2, 0) is 13.3 Å². The van der Waals surface area contributed by atoms with Crippen LogP contribution in [0.5, 0.6) is 0 Å². The van der Waals surface area contributed by atoms with Gasteiger partial charge in [0.25, 0.3) is 0 Å². The molecule has 0 aliphatic carbocycles. The van der Waals surface area contributed by atoms with Crippen LogP contribution in [0.1, 0.15) is 40.5 Å². The molecule has 88 valence electrons. The van der Waals surface area contributed by atoms with Gasteiger partial charge in [0.15, 0.2) is 0 Å². The molecule has 0 radical (unpaired) electrons. The molecule has 0 rings (SSSR count). The quantitative estimate of drug-likeness (QED) is 0.496. The number of rotatable bonds is 7. The van der Waals surface area contributed by atoms with Crippen LogP contribution in [0.15, 0.2) is 0 Å². The average molecular weight is 230 g/mol. The summed E-state index contributed by atoms with van der Waals surface area (Å²) in [6, 6.07) is 0. The summed E-state index contributed by atoms with van der Waals surface area (Å²) >= 11 is 0. The Morgan fingerprint density at radius 3 is 1.67 bits per heavy atom. The second-order valence-corrected chi connectivity index (χ2v) is 5.14. The standard InChI is InChI=1S/C11H22O3Si/c1-5-9-10-11-15(12-6-2,13-7-3)14-8-4/h5-9H2,1-4H3. The summed E-state index contributed by atoms with van der Waals surface area (Å²) in [7, 11) is -2.69. The van der Waals surface area contributed by atoms with E-state index in [1.54, 1.807) is 0 Å². The second-order valence-electron chi connectivity index (χ2n) is 2.91. The van der Waals surface area contributed by atoms with Crippen LogP contribution in [-0.4, -0.2) is 28.6 Å². The number of hydrogen-bond acceptors (Lipinski definition) is 3. The molecule has 0 spiro atoms. The molecule has 0 atom stereocenters. The van der Waals surface area contributed by atoms with Crippen LogP contribution in [0.25, 0.3) is 0 Å². The molecule has 0 saturated heterocycles. The van der Waals surface area contributed by atoms with E-state index in [4.69, 9.17) is 13.3 Å². The third kappa shape index (κ3) is 5.95. The minimum absolute atomic E-state index is 0.576. The maximum Gasteiger partial charge on any atom is 0.591 e. The van der Waals surface area contributed by atoms with Crippen LogP contribution in [0.3, 0.4) is 0 Å². The van der Waals surface area contributed by atoms with E-state index in [0.717, 1.165) is 12.8 Å². The number of unbranched alkanes of at least 4 members (excludes halogenated alkanes) is 1. The molecule has 0 N–H and O–H groups in total. The molecular weight excluding hydrogens is 208 g/mol. The second kappa shape index (κ2) is 8.92. The van der Waals surface area contributed by atoms with Gasteiger partial charge in [0.05, 0.1) is 0 Å². The summed E-state index contributed by atoms with van der Waals surface area (Å²) in [6.45, 7) is 9.62. The fraction of sp³-hybridized carbons (Fsp3) is 0.818. The third-order valence-electron chi connectivity index (χ3n) is 1.62. The summed E-state index contributed by atoms with van der Waals surface area (Å²) in [5.74, 6) is 3.07. The lowest BCUT2D eigenvalue weighted by Crippen LogP contribution is -2.45. The summed E-state index contributed by atoms with van der Waals surface area (Å²) in [6.07, 6.45) is 1.91. The first-order valence-electron chi connectivity index (χ1n) is 5.66. The molecule has 0 bridgehead atoms. The molecule has 15 heavy (non-hydrogen) atoms. The fourth-order valence-corrected chi connectivity index (χ4v) is 3.05. The van der Waals surface area contributed by atoms with E-state index in [2.05, 4.69) is 18.4 Å². The van der Waals surface area contributed by atoms with Gasteiger partial charge >= 0.3 is 8.80 Å². The lowest BCUT2D eigenvalue weighted by Gasteiger charge is -2.22. The maximum atomic E-state index is 5.58. The highest BCUT2D eigenvalue weighted by molar-refractivity contribution is 6.69. The third-order valence-corrected chi connectivity index (χ3v) is 4.11. The van der Waals surface area contributed by atoms with E-state index in [-0.39, 0.29) is 0 Å². The topological polar surface area (TPSA) is 27.7 Å². The van der Waals surface area contributed by atoms with Crippen molar-refractivity contribution >= 4 is 8.80 Å². The lowest BCUT2D eigenvalue weighted by atomic mass is 10.4. The Hall–Kier alpha value is -0.343. The summed E-state index contributed by atoms with van der Waals surface area (Å²) < 4.78 is 16.7. The Balaban J connectivity index is 4.54. The normalized spacial score (nSPS) is 10.9. The van der Waals surface area contributed by atoms with Crippen LogP contribution in [0, 0.1) is 11.5 Å². The van der Waals surface area contributed by atoms with Crippen molar-refractivity contribution in [3.8, 4) is 11.5 Å². The smallest absolute Gasteiger partial charge is 0.364 e. The van der Waals surface area contributed by atoms with E-state index < -0.39 is 8.80 Å². The van der Waals surface area contributed by atoms with Crippen LogP contribution in [0.4, 0.5) is 0 Å². The molecule has 0 aliphatic heterocycles. The molecule has 4 heteroatoms. The van der Waals surface area contributed by atoms with Gasteiger partial charge in [0, 0.05) is 26.2 Å². The van der Waals surface area contributed by atoms with Crippen molar-refractivity contribution in [2.75, 3.05) is 19.8 Å². The molecule has 0 saturated carbocycles. The minimum Gasteiger partial charge on any atom is -0.364 e. The van der Waals surface area contributed by atoms with E-state index in [1.807, 2.05) is 20.8 Å². The first-order valence-corrected chi connectivity index (χ1v) is 7.39. The first kappa shape index (κ1) is 14.7. The van der Waals surface area contributed by atoms with Gasteiger partial charge in [-0.2, -0.15) is 0 Å². The molecule has 0 unspecified atom stereocenters. The molecule has 0 aliphatic rings. The SMILES string of the molecule is CCCC#C[Si](OCC)(OCC)OCC. The van der Waals surface area contributed by atoms with Gasteiger partial charge in [-0.1, -0.05) is 6.92 Å². The van der Waals surface area contributed by atoms with E-state index in [1.165, 1.54) is 0 Å². The predicted octanol–water partition coefficient (Wildman–Crippen LogP) is 2.38. The monoisotopic (exact) mass is 230 g/mol. The van der Waals surface area contributed by atoms with Crippen molar-refractivity contribution in [3.05, 3.63) is 0 Å². The van der Waals surface area contributed by atoms with Gasteiger partial charge in [-0.25, -0.2) is 0 Å². The molecule has 0 amide bonds. The highest BCUT2D eigenvalue weighted by atomic mass is 28.4. The van der Waals surface area contributed by atoms with E-state index in [9.17, 15) is 0 Å². The summed E-state index contributed by atoms with van der Waals surface area (Å²) in [5, 5.41) is 0. The zero-order valence-corrected chi connectivity index (χ0v) is 11.3. The Morgan fingerprint density at radius 1 is 0.867 bits per heavy atom. The summed E-state index contributed by atoms with van der Waals surface area (Å²) in [4.78, 5) is 0. The lowest BCUT2D eigenvalue weighted by molar-refractivity contribution is 0.0870. The Labute approximate surface area is 94.5 Å². The molecular formula is C11H22O3Si. The Morgan fingerprint density at radius 2 is 1.33 bits per heavy atom. The van der Waals surface area contributed by atoms with Crippen molar-refractivity contribution in [3.63, 3.8) is 0 Å². The highest BCUT2D eigenvalue weighted by Gasteiger charge is 2.39. The van der Waals surface area contributed by atoms with Gasteiger partial charge in [0.1, 0.15) is 0 Å². The molecule has 0 heterocycles. The fourth-order valence-electron chi connectivity index (χ4n) is 1.10. The van der Waals surface area contributed by atoms with Gasteiger partial charge in [-0.05, 0) is 32.7 Å². The van der Waals surface area contributed by atoms with Crippen LogP contribution in [0.2, 0.25) is 0 Å². The minimum atomic E-state index is -2.69. The molecule has 0 aromatic heterocycles. The first-order chi connectivity index (χ1) is 7.24. The van der Waals surface area contributed by atoms with Crippen LogP contribution < -0.4 is 0 Å².